The van der Waals surface area contributed by atoms with Gasteiger partial charge in [0.2, 0.25) is 10.0 Å². The molecule has 0 N–H and O–H groups in total. The second kappa shape index (κ2) is 8.80. The summed E-state index contributed by atoms with van der Waals surface area (Å²) in [4.78, 5) is 12.7. The Morgan fingerprint density at radius 1 is 0.972 bits per heavy atom. The highest BCUT2D eigenvalue weighted by Crippen LogP contribution is 2.41. The minimum atomic E-state index is -4.81. The van der Waals surface area contributed by atoms with Crippen LogP contribution in [-0.4, -0.2) is 36.7 Å². The number of hydrogen-bond donors (Lipinski definition) is 0. The van der Waals surface area contributed by atoms with Gasteiger partial charge in [0.05, 0.1) is 10.5 Å². The first kappa shape index (κ1) is 24.1. The Bertz CT molecular complexity index is 1530. The Balaban J connectivity index is 1.53. The van der Waals surface area contributed by atoms with Gasteiger partial charge in [0, 0.05) is 42.9 Å². The number of benzene rings is 2. The average molecular weight is 516 g/mol. The van der Waals surface area contributed by atoms with E-state index in [4.69, 9.17) is 0 Å². The lowest BCUT2D eigenvalue weighted by Crippen LogP contribution is -2.49. The number of rotatable bonds is 4. The van der Waals surface area contributed by atoms with Crippen molar-refractivity contribution in [1.29, 1.82) is 5.26 Å². The maximum atomic E-state index is 13.5. The van der Waals surface area contributed by atoms with Gasteiger partial charge < -0.3 is 9.30 Å². The zero-order valence-corrected chi connectivity index (χ0v) is 19.6. The van der Waals surface area contributed by atoms with E-state index in [-0.39, 0.29) is 46.7 Å². The molecule has 1 aromatic heterocycles. The van der Waals surface area contributed by atoms with Crippen LogP contribution in [0.15, 0.2) is 70.4 Å². The molecule has 0 spiro atoms. The molecule has 0 aliphatic carbocycles. The fraction of sp³-hybridized carbons (Fsp3) is 0.280. The van der Waals surface area contributed by atoms with Gasteiger partial charge in [0.15, 0.2) is 0 Å². The van der Waals surface area contributed by atoms with Crippen molar-refractivity contribution < 1.29 is 26.3 Å². The number of ether oxygens (including phenoxy) is 1. The molecule has 2 aromatic carbocycles. The molecule has 1 saturated heterocycles. The molecule has 2 atom stereocenters. The fourth-order valence-electron chi connectivity index (χ4n) is 5.17. The third kappa shape index (κ3) is 4.38. The van der Waals surface area contributed by atoms with Crippen molar-refractivity contribution in [3.8, 4) is 22.9 Å². The van der Waals surface area contributed by atoms with Crippen molar-refractivity contribution >= 4 is 10.0 Å². The summed E-state index contributed by atoms with van der Waals surface area (Å²) in [6.45, 7) is 0.655. The van der Waals surface area contributed by atoms with E-state index in [9.17, 15) is 31.6 Å². The van der Waals surface area contributed by atoms with Gasteiger partial charge in [-0.05, 0) is 48.2 Å². The van der Waals surface area contributed by atoms with Gasteiger partial charge in [0.25, 0.3) is 5.56 Å². The summed E-state index contributed by atoms with van der Waals surface area (Å²) in [5.41, 5.74) is 1.73. The molecule has 36 heavy (non-hydrogen) atoms. The third-order valence-corrected chi connectivity index (χ3v) is 8.47. The van der Waals surface area contributed by atoms with Gasteiger partial charge in [-0.1, -0.05) is 24.3 Å². The second-order valence-electron chi connectivity index (χ2n) is 8.88. The molecule has 7 nitrogen and oxygen atoms in total. The summed E-state index contributed by atoms with van der Waals surface area (Å²) >= 11 is 0. The summed E-state index contributed by atoms with van der Waals surface area (Å²) in [5.74, 6) is -0.772. The quantitative estimate of drug-likeness (QED) is 0.522. The van der Waals surface area contributed by atoms with Gasteiger partial charge in [-0.15, -0.1) is 13.2 Å². The molecule has 186 valence electrons. The first-order valence-electron chi connectivity index (χ1n) is 11.2. The third-order valence-electron chi connectivity index (χ3n) is 6.58. The zero-order valence-electron chi connectivity index (χ0n) is 18.8. The van der Waals surface area contributed by atoms with Crippen LogP contribution in [0.1, 0.15) is 23.6 Å². The highest BCUT2D eigenvalue weighted by molar-refractivity contribution is 7.89. The maximum absolute atomic E-state index is 13.5. The molecule has 5 rings (SSSR count). The van der Waals surface area contributed by atoms with E-state index in [1.54, 1.807) is 22.8 Å². The van der Waals surface area contributed by atoms with Crippen LogP contribution in [-0.2, 0) is 16.6 Å². The topological polar surface area (TPSA) is 92.4 Å². The standard InChI is InChI=1S/C25H20F3N3O4S/c26-25(27,28)35-20-7-5-17(6-8-20)21-9-10-23(32)31-14-16-11-19(24(21)31)15-30(13-16)36(33,34)22-4-2-1-3-18(22)12-29/h1-10,16,19H,11,13-15H2/t16-,19-/m1/s1. The van der Waals surface area contributed by atoms with E-state index >= 15 is 0 Å². The first-order valence-corrected chi connectivity index (χ1v) is 12.6. The lowest BCUT2D eigenvalue weighted by Gasteiger charge is -2.43. The number of halogens is 3. The molecule has 3 heterocycles. The molecule has 2 aliphatic rings. The average Bonchev–Trinajstić information content (AvgIpc) is 2.84. The summed E-state index contributed by atoms with van der Waals surface area (Å²) in [6.07, 6.45) is -4.14. The SMILES string of the molecule is N#Cc1ccccc1S(=O)(=O)N1C[C@H]2C[C@H](C1)c1c(-c3ccc(OC(F)(F)F)cc3)ccc(=O)n1C2. The van der Waals surface area contributed by atoms with Gasteiger partial charge in [-0.3, -0.25) is 4.79 Å². The van der Waals surface area contributed by atoms with Crippen molar-refractivity contribution in [1.82, 2.24) is 8.87 Å². The van der Waals surface area contributed by atoms with E-state index < -0.39 is 16.4 Å². The molecule has 2 aliphatic heterocycles. The molecule has 11 heteroatoms. The van der Waals surface area contributed by atoms with Crippen LogP contribution in [0.4, 0.5) is 13.2 Å². The lowest BCUT2D eigenvalue weighted by atomic mass is 9.81. The smallest absolute Gasteiger partial charge is 0.406 e. The monoisotopic (exact) mass is 515 g/mol. The van der Waals surface area contributed by atoms with E-state index in [0.717, 1.165) is 0 Å². The van der Waals surface area contributed by atoms with Crippen LogP contribution in [0.5, 0.6) is 5.75 Å². The van der Waals surface area contributed by atoms with Crippen molar-refractivity contribution in [2.24, 2.45) is 5.92 Å². The normalized spacial score (nSPS) is 19.8. The van der Waals surface area contributed by atoms with Crippen LogP contribution < -0.4 is 10.3 Å². The Morgan fingerprint density at radius 3 is 2.39 bits per heavy atom. The van der Waals surface area contributed by atoms with Crippen LogP contribution in [0.2, 0.25) is 0 Å². The maximum Gasteiger partial charge on any atom is 0.573 e. The molecule has 0 radical (unpaired) electrons. The highest BCUT2D eigenvalue weighted by Gasteiger charge is 2.41. The Morgan fingerprint density at radius 2 is 1.69 bits per heavy atom. The number of piperidine rings is 1. The minimum Gasteiger partial charge on any atom is -0.406 e. The number of nitrogens with zero attached hydrogens (tertiary/aromatic N) is 3. The largest absolute Gasteiger partial charge is 0.573 e. The number of hydrogen-bond acceptors (Lipinski definition) is 5. The van der Waals surface area contributed by atoms with Crippen molar-refractivity contribution in [2.75, 3.05) is 13.1 Å². The minimum absolute atomic E-state index is 0.0570. The number of fused-ring (bicyclic) bond motifs is 4. The van der Waals surface area contributed by atoms with E-state index in [1.165, 1.54) is 46.8 Å². The highest BCUT2D eigenvalue weighted by atomic mass is 32.2. The molecule has 0 saturated carbocycles. The number of aromatic nitrogens is 1. The molecule has 3 aromatic rings. The fourth-order valence-corrected chi connectivity index (χ4v) is 6.87. The number of sulfonamides is 1. The van der Waals surface area contributed by atoms with E-state index in [2.05, 4.69) is 4.74 Å². The second-order valence-corrected chi connectivity index (χ2v) is 10.8. The number of pyridine rings is 1. The van der Waals surface area contributed by atoms with E-state index in [1.807, 2.05) is 6.07 Å². The molecule has 0 amide bonds. The Hall–Kier alpha value is -3.62. The number of nitriles is 1. The molecular formula is C25H20F3N3O4S. The predicted octanol–water partition coefficient (Wildman–Crippen LogP) is 4.09. The molecule has 0 unspecified atom stereocenters. The molecular weight excluding hydrogens is 495 g/mol. The molecule has 1 fully saturated rings. The summed E-state index contributed by atoms with van der Waals surface area (Å²) < 4.78 is 71.6. The van der Waals surface area contributed by atoms with Gasteiger partial charge in [-0.2, -0.15) is 9.57 Å². The summed E-state index contributed by atoms with van der Waals surface area (Å²) in [6, 6.07) is 16.4. The van der Waals surface area contributed by atoms with E-state index in [0.29, 0.717) is 29.8 Å². The van der Waals surface area contributed by atoms with Crippen LogP contribution in [0, 0.1) is 17.2 Å². The van der Waals surface area contributed by atoms with Crippen LogP contribution in [0.3, 0.4) is 0 Å². The predicted molar refractivity (Wildman–Crippen MR) is 124 cm³/mol. The van der Waals surface area contributed by atoms with Crippen molar-refractivity contribution in [2.45, 2.75) is 30.1 Å². The van der Waals surface area contributed by atoms with Crippen molar-refractivity contribution in [3.63, 3.8) is 0 Å². The van der Waals surface area contributed by atoms with Gasteiger partial charge in [0.1, 0.15) is 11.8 Å². The van der Waals surface area contributed by atoms with Crippen LogP contribution >= 0.6 is 0 Å². The zero-order chi connectivity index (χ0) is 25.7. The molecule has 2 bridgehead atoms. The van der Waals surface area contributed by atoms with Crippen molar-refractivity contribution in [3.05, 3.63) is 82.3 Å². The van der Waals surface area contributed by atoms with Gasteiger partial charge in [-0.25, -0.2) is 8.42 Å². The summed E-state index contributed by atoms with van der Waals surface area (Å²) in [7, 11) is -3.96. The Labute approximate surface area is 205 Å². The number of alkyl halides is 3. The Kier molecular flexibility index (Phi) is 5.89. The lowest BCUT2D eigenvalue weighted by molar-refractivity contribution is -0.274. The van der Waals surface area contributed by atoms with Gasteiger partial charge >= 0.3 is 6.36 Å². The van der Waals surface area contributed by atoms with Crippen LogP contribution in [0.25, 0.3) is 11.1 Å². The summed E-state index contributed by atoms with van der Waals surface area (Å²) in [5, 5.41) is 9.40. The first-order chi connectivity index (χ1) is 17.1.